The van der Waals surface area contributed by atoms with Crippen molar-refractivity contribution in [2.45, 2.75) is 56.7 Å². The van der Waals surface area contributed by atoms with E-state index in [1.807, 2.05) is 0 Å². The van der Waals surface area contributed by atoms with E-state index in [0.717, 1.165) is 55.2 Å². The number of ether oxygens (including phenoxy) is 1. The molecular formula is C21H25ClN4O5S2. The highest BCUT2D eigenvalue weighted by Crippen LogP contribution is 2.38. The fourth-order valence-corrected chi connectivity index (χ4v) is 6.11. The smallest absolute Gasteiger partial charge is 0.276 e. The number of thiophene rings is 1. The monoisotopic (exact) mass is 512 g/mol. The standard InChI is InChI=1S/C21H25ClN4O5S2/c1-2-33(29,30)21-24-11-14(22)17(25-21)19(28)26-20-16(13-7-3-4-8-15(13)32-20)18(27)23-10-12-6-5-9-31-12/h11-12H,2-10H2,1H3,(H,23,27)(H,26,28). The lowest BCUT2D eigenvalue weighted by atomic mass is 9.95. The number of aromatic nitrogens is 2. The van der Waals surface area contributed by atoms with Crippen LogP contribution in [0.5, 0.6) is 0 Å². The van der Waals surface area contributed by atoms with Gasteiger partial charge in [0.1, 0.15) is 5.00 Å². The van der Waals surface area contributed by atoms with Crippen LogP contribution >= 0.6 is 22.9 Å². The zero-order valence-electron chi connectivity index (χ0n) is 18.1. The molecular weight excluding hydrogens is 488 g/mol. The Labute approximate surface area is 201 Å². The van der Waals surface area contributed by atoms with E-state index in [-0.39, 0.29) is 28.5 Å². The van der Waals surface area contributed by atoms with Crippen LogP contribution in [0, 0.1) is 0 Å². The van der Waals surface area contributed by atoms with Gasteiger partial charge in [-0.3, -0.25) is 9.59 Å². The van der Waals surface area contributed by atoms with Gasteiger partial charge in [-0.1, -0.05) is 18.5 Å². The SMILES string of the molecule is CCS(=O)(=O)c1ncc(Cl)c(C(=O)Nc2sc3c(c2C(=O)NCC2CCCO2)CCCC3)n1. The third-order valence-electron chi connectivity index (χ3n) is 5.73. The minimum absolute atomic E-state index is 0.000198. The number of fused-ring (bicyclic) bond motifs is 1. The molecule has 1 aliphatic heterocycles. The number of nitrogens with one attached hydrogen (secondary N) is 2. The van der Waals surface area contributed by atoms with Crippen molar-refractivity contribution >= 4 is 49.6 Å². The maximum Gasteiger partial charge on any atom is 0.276 e. The normalized spacial score (nSPS) is 18.1. The molecule has 0 radical (unpaired) electrons. The molecule has 2 aliphatic rings. The fourth-order valence-electron chi connectivity index (χ4n) is 3.95. The van der Waals surface area contributed by atoms with Gasteiger partial charge in [-0.05, 0) is 44.1 Å². The van der Waals surface area contributed by atoms with E-state index in [1.54, 1.807) is 0 Å². The second-order valence-electron chi connectivity index (χ2n) is 7.97. The first-order valence-electron chi connectivity index (χ1n) is 10.9. The van der Waals surface area contributed by atoms with Crippen molar-refractivity contribution in [2.24, 2.45) is 0 Å². The van der Waals surface area contributed by atoms with Gasteiger partial charge in [-0.2, -0.15) is 0 Å². The van der Waals surface area contributed by atoms with Crippen LogP contribution in [0.3, 0.4) is 0 Å². The molecule has 33 heavy (non-hydrogen) atoms. The van der Waals surface area contributed by atoms with E-state index in [0.29, 0.717) is 23.7 Å². The molecule has 0 bridgehead atoms. The van der Waals surface area contributed by atoms with Gasteiger partial charge >= 0.3 is 0 Å². The van der Waals surface area contributed by atoms with Crippen molar-refractivity contribution < 1.29 is 22.7 Å². The zero-order chi connectivity index (χ0) is 23.6. The molecule has 178 valence electrons. The second kappa shape index (κ2) is 10.0. The maximum atomic E-state index is 13.1. The average molecular weight is 513 g/mol. The third kappa shape index (κ3) is 5.21. The molecule has 2 N–H and O–H groups in total. The quantitative estimate of drug-likeness (QED) is 0.546. The number of sulfone groups is 1. The van der Waals surface area contributed by atoms with E-state index in [9.17, 15) is 18.0 Å². The second-order valence-corrected chi connectivity index (χ2v) is 11.7. The van der Waals surface area contributed by atoms with Crippen LogP contribution in [0.25, 0.3) is 0 Å². The summed E-state index contributed by atoms with van der Waals surface area (Å²) in [7, 11) is -3.72. The Morgan fingerprint density at radius 2 is 2.03 bits per heavy atom. The molecule has 1 unspecified atom stereocenters. The van der Waals surface area contributed by atoms with Crippen molar-refractivity contribution in [3.05, 3.63) is 32.9 Å². The molecule has 12 heteroatoms. The highest BCUT2D eigenvalue weighted by Gasteiger charge is 2.29. The van der Waals surface area contributed by atoms with Gasteiger partial charge in [0, 0.05) is 18.0 Å². The van der Waals surface area contributed by atoms with Gasteiger partial charge in [-0.15, -0.1) is 11.3 Å². The van der Waals surface area contributed by atoms with Crippen LogP contribution in [0.2, 0.25) is 5.02 Å². The van der Waals surface area contributed by atoms with Gasteiger partial charge < -0.3 is 15.4 Å². The number of rotatable bonds is 7. The molecule has 2 aromatic rings. The molecule has 1 atom stereocenters. The molecule has 0 spiro atoms. The van der Waals surface area contributed by atoms with Gasteiger partial charge in [0.05, 0.1) is 28.6 Å². The Balaban J connectivity index is 1.61. The highest BCUT2D eigenvalue weighted by atomic mass is 35.5. The minimum atomic E-state index is -3.72. The molecule has 1 saturated heterocycles. The summed E-state index contributed by atoms with van der Waals surface area (Å²) in [4.78, 5) is 34.9. The number of aryl methyl sites for hydroxylation is 1. The molecule has 0 aromatic carbocycles. The third-order valence-corrected chi connectivity index (χ3v) is 8.73. The van der Waals surface area contributed by atoms with E-state index in [2.05, 4.69) is 20.6 Å². The summed E-state index contributed by atoms with van der Waals surface area (Å²) in [5, 5.41) is 5.56. The Morgan fingerprint density at radius 3 is 2.76 bits per heavy atom. The highest BCUT2D eigenvalue weighted by molar-refractivity contribution is 7.91. The number of amides is 2. The van der Waals surface area contributed by atoms with Gasteiger partial charge in [-0.25, -0.2) is 18.4 Å². The first-order valence-corrected chi connectivity index (χ1v) is 13.8. The van der Waals surface area contributed by atoms with Crippen molar-refractivity contribution in [1.29, 1.82) is 0 Å². The van der Waals surface area contributed by atoms with Crippen LogP contribution in [-0.4, -0.2) is 55.2 Å². The zero-order valence-corrected chi connectivity index (χ0v) is 20.5. The first-order chi connectivity index (χ1) is 15.8. The van der Waals surface area contributed by atoms with E-state index in [1.165, 1.54) is 18.3 Å². The first kappa shape index (κ1) is 24.1. The van der Waals surface area contributed by atoms with Gasteiger partial charge in [0.15, 0.2) is 5.69 Å². The van der Waals surface area contributed by atoms with Gasteiger partial charge in [0.25, 0.3) is 11.8 Å². The molecule has 1 fully saturated rings. The van der Waals surface area contributed by atoms with Crippen LogP contribution in [0.15, 0.2) is 11.4 Å². The van der Waals surface area contributed by atoms with Crippen LogP contribution < -0.4 is 10.6 Å². The summed E-state index contributed by atoms with van der Waals surface area (Å²) >= 11 is 7.47. The van der Waals surface area contributed by atoms with Gasteiger partial charge in [0.2, 0.25) is 15.0 Å². The summed E-state index contributed by atoms with van der Waals surface area (Å²) in [6.45, 7) is 2.57. The summed E-state index contributed by atoms with van der Waals surface area (Å²) in [5.41, 5.74) is 1.15. The predicted molar refractivity (Wildman–Crippen MR) is 125 cm³/mol. The number of nitrogens with zero attached hydrogens (tertiary/aromatic N) is 2. The number of hydrogen-bond donors (Lipinski definition) is 2. The van der Waals surface area contributed by atoms with Crippen molar-refractivity contribution in [2.75, 3.05) is 24.2 Å². The van der Waals surface area contributed by atoms with Crippen LogP contribution in [-0.2, 0) is 27.4 Å². The Kier molecular flexibility index (Phi) is 7.32. The van der Waals surface area contributed by atoms with Crippen molar-refractivity contribution in [3.8, 4) is 0 Å². The Hall–Kier alpha value is -2.08. The molecule has 0 saturated carbocycles. The summed E-state index contributed by atoms with van der Waals surface area (Å²) in [6.07, 6.45) is 6.58. The average Bonchev–Trinajstić information content (AvgIpc) is 3.45. The lowest BCUT2D eigenvalue weighted by Gasteiger charge is -2.15. The molecule has 9 nitrogen and oxygen atoms in total. The minimum Gasteiger partial charge on any atom is -0.376 e. The van der Waals surface area contributed by atoms with Crippen molar-refractivity contribution in [3.63, 3.8) is 0 Å². The molecule has 2 aromatic heterocycles. The number of hydrogen-bond acceptors (Lipinski definition) is 8. The van der Waals surface area contributed by atoms with E-state index >= 15 is 0 Å². The molecule has 2 amide bonds. The maximum absolute atomic E-state index is 13.1. The van der Waals surface area contributed by atoms with E-state index < -0.39 is 20.9 Å². The lowest BCUT2D eigenvalue weighted by Crippen LogP contribution is -2.32. The van der Waals surface area contributed by atoms with E-state index in [4.69, 9.17) is 16.3 Å². The fraction of sp³-hybridized carbons (Fsp3) is 0.524. The Morgan fingerprint density at radius 1 is 1.24 bits per heavy atom. The summed E-state index contributed by atoms with van der Waals surface area (Å²) in [5.74, 6) is -1.16. The summed E-state index contributed by atoms with van der Waals surface area (Å²) < 4.78 is 29.9. The predicted octanol–water partition coefficient (Wildman–Crippen LogP) is 3.03. The topological polar surface area (TPSA) is 127 Å². The Bertz CT molecular complexity index is 1180. The summed E-state index contributed by atoms with van der Waals surface area (Å²) in [6, 6.07) is 0. The molecule has 4 rings (SSSR count). The largest absolute Gasteiger partial charge is 0.376 e. The number of carbonyl (C=O) groups excluding carboxylic acids is 2. The number of halogens is 1. The van der Waals surface area contributed by atoms with Crippen LogP contribution in [0.4, 0.5) is 5.00 Å². The number of anilines is 1. The van der Waals surface area contributed by atoms with Crippen LogP contribution in [0.1, 0.15) is 63.9 Å². The lowest BCUT2D eigenvalue weighted by molar-refractivity contribution is 0.0858. The number of carbonyl (C=O) groups is 2. The molecule has 1 aliphatic carbocycles. The van der Waals surface area contributed by atoms with Crippen molar-refractivity contribution in [1.82, 2.24) is 15.3 Å². The molecule has 3 heterocycles.